The fraction of sp³-hybridized carbons (Fsp3) is 0.667. The van der Waals surface area contributed by atoms with Gasteiger partial charge >= 0.3 is 0 Å². The van der Waals surface area contributed by atoms with Gasteiger partial charge in [0.2, 0.25) is 0 Å². The Morgan fingerprint density at radius 2 is 2.19 bits per heavy atom. The highest BCUT2D eigenvalue weighted by molar-refractivity contribution is 5.81. The molecule has 1 saturated carbocycles. The van der Waals surface area contributed by atoms with Crippen molar-refractivity contribution in [3.63, 3.8) is 0 Å². The van der Waals surface area contributed by atoms with Crippen molar-refractivity contribution in [3.8, 4) is 0 Å². The fourth-order valence-corrected chi connectivity index (χ4v) is 2.34. The minimum atomic E-state index is 0.309. The summed E-state index contributed by atoms with van der Waals surface area (Å²) in [6.45, 7) is 6.43. The molecule has 0 bridgehead atoms. The summed E-state index contributed by atoms with van der Waals surface area (Å²) in [7, 11) is 0. The molecular weight excluding hydrogens is 196 g/mol. The zero-order chi connectivity index (χ0) is 12.0. The van der Waals surface area contributed by atoms with Crippen LogP contribution in [0.2, 0.25) is 0 Å². The van der Waals surface area contributed by atoms with E-state index >= 15 is 0 Å². The molecule has 2 unspecified atom stereocenters. The van der Waals surface area contributed by atoms with Gasteiger partial charge in [-0.1, -0.05) is 37.1 Å². The zero-order valence-corrected chi connectivity index (χ0v) is 10.8. The van der Waals surface area contributed by atoms with Crippen molar-refractivity contribution in [1.82, 2.24) is 0 Å². The molecule has 0 aromatic heterocycles. The summed E-state index contributed by atoms with van der Waals surface area (Å²) < 4.78 is 0. The Morgan fingerprint density at radius 3 is 2.81 bits per heavy atom. The highest BCUT2D eigenvalue weighted by atomic mass is 16.1. The number of ketones is 1. The van der Waals surface area contributed by atoms with E-state index in [4.69, 9.17) is 0 Å². The van der Waals surface area contributed by atoms with Crippen molar-refractivity contribution in [3.05, 3.63) is 23.8 Å². The Kier molecular flexibility index (Phi) is 5.51. The summed E-state index contributed by atoms with van der Waals surface area (Å²) in [6.07, 6.45) is 11.8. The fourth-order valence-electron chi connectivity index (χ4n) is 2.34. The molecule has 2 atom stereocenters. The summed E-state index contributed by atoms with van der Waals surface area (Å²) in [5.74, 6) is 1.28. The Hall–Kier alpha value is -0.850. The lowest BCUT2D eigenvalue weighted by Gasteiger charge is -2.18. The van der Waals surface area contributed by atoms with E-state index in [1.165, 1.54) is 12.0 Å². The van der Waals surface area contributed by atoms with Crippen LogP contribution in [0.25, 0.3) is 0 Å². The van der Waals surface area contributed by atoms with E-state index in [0.29, 0.717) is 17.6 Å². The Morgan fingerprint density at radius 1 is 1.44 bits per heavy atom. The summed E-state index contributed by atoms with van der Waals surface area (Å²) >= 11 is 0. The van der Waals surface area contributed by atoms with Crippen molar-refractivity contribution < 1.29 is 4.79 Å². The lowest BCUT2D eigenvalue weighted by atomic mass is 9.85. The third kappa shape index (κ3) is 4.78. The third-order valence-electron chi connectivity index (χ3n) is 3.14. The van der Waals surface area contributed by atoms with E-state index < -0.39 is 0 Å². The number of hydrogen-bond donors (Lipinski definition) is 0. The van der Waals surface area contributed by atoms with Gasteiger partial charge in [0.15, 0.2) is 0 Å². The second kappa shape index (κ2) is 6.67. The maximum atomic E-state index is 11.6. The average molecular weight is 220 g/mol. The standard InChI is InChI=1S/C15H24O/c1-12(2)11-13(3)7-6-9-14-8-4-5-10-15(14)16/h6-7,11,13-14H,4-5,8-10H2,1-3H3/b7-6+. The van der Waals surface area contributed by atoms with Crippen LogP contribution in [0, 0.1) is 11.8 Å². The Labute approximate surface area is 99.6 Å². The molecule has 90 valence electrons. The molecule has 1 aliphatic carbocycles. The van der Waals surface area contributed by atoms with E-state index in [9.17, 15) is 4.79 Å². The van der Waals surface area contributed by atoms with Crippen LogP contribution in [0.4, 0.5) is 0 Å². The van der Waals surface area contributed by atoms with Gasteiger partial charge in [-0.15, -0.1) is 0 Å². The maximum Gasteiger partial charge on any atom is 0.136 e. The van der Waals surface area contributed by atoms with E-state index in [0.717, 1.165) is 25.7 Å². The van der Waals surface area contributed by atoms with Crippen molar-refractivity contribution in [1.29, 1.82) is 0 Å². The van der Waals surface area contributed by atoms with Gasteiger partial charge in [0.25, 0.3) is 0 Å². The monoisotopic (exact) mass is 220 g/mol. The van der Waals surface area contributed by atoms with Crippen LogP contribution in [-0.4, -0.2) is 5.78 Å². The van der Waals surface area contributed by atoms with Gasteiger partial charge < -0.3 is 0 Å². The SMILES string of the molecule is CC(C)=CC(C)/C=C/CC1CCCCC1=O. The molecule has 1 fully saturated rings. The highest BCUT2D eigenvalue weighted by Crippen LogP contribution is 2.23. The van der Waals surface area contributed by atoms with E-state index in [1.54, 1.807) is 0 Å². The lowest BCUT2D eigenvalue weighted by molar-refractivity contribution is -0.124. The van der Waals surface area contributed by atoms with Crippen LogP contribution >= 0.6 is 0 Å². The molecule has 16 heavy (non-hydrogen) atoms. The van der Waals surface area contributed by atoms with Crippen molar-refractivity contribution in [2.75, 3.05) is 0 Å². The van der Waals surface area contributed by atoms with Crippen molar-refractivity contribution in [2.24, 2.45) is 11.8 Å². The van der Waals surface area contributed by atoms with Gasteiger partial charge in [-0.3, -0.25) is 4.79 Å². The minimum Gasteiger partial charge on any atom is -0.299 e. The summed E-state index contributed by atoms with van der Waals surface area (Å²) in [4.78, 5) is 11.6. The predicted molar refractivity (Wildman–Crippen MR) is 69.3 cm³/mol. The van der Waals surface area contributed by atoms with E-state index in [2.05, 4.69) is 39.0 Å². The van der Waals surface area contributed by atoms with Gasteiger partial charge in [0.05, 0.1) is 0 Å². The smallest absolute Gasteiger partial charge is 0.136 e. The van der Waals surface area contributed by atoms with Crippen molar-refractivity contribution >= 4 is 5.78 Å². The van der Waals surface area contributed by atoms with Crippen LogP contribution in [-0.2, 0) is 4.79 Å². The van der Waals surface area contributed by atoms with Gasteiger partial charge in [-0.05, 0) is 39.0 Å². The first-order valence-electron chi connectivity index (χ1n) is 6.44. The summed E-state index contributed by atoms with van der Waals surface area (Å²) in [5, 5.41) is 0. The van der Waals surface area contributed by atoms with Crippen LogP contribution < -0.4 is 0 Å². The molecule has 0 aliphatic heterocycles. The second-order valence-electron chi connectivity index (χ2n) is 5.18. The number of hydrogen-bond acceptors (Lipinski definition) is 1. The Balaban J connectivity index is 2.35. The third-order valence-corrected chi connectivity index (χ3v) is 3.14. The Bertz CT molecular complexity index is 282. The molecule has 1 aliphatic rings. The quantitative estimate of drug-likeness (QED) is 0.646. The van der Waals surface area contributed by atoms with E-state index in [-0.39, 0.29) is 0 Å². The topological polar surface area (TPSA) is 17.1 Å². The zero-order valence-electron chi connectivity index (χ0n) is 10.8. The molecule has 1 nitrogen and oxygen atoms in total. The average Bonchev–Trinajstić information content (AvgIpc) is 2.19. The maximum absolute atomic E-state index is 11.6. The molecule has 0 N–H and O–H groups in total. The normalized spacial score (nSPS) is 23.4. The highest BCUT2D eigenvalue weighted by Gasteiger charge is 2.20. The van der Waals surface area contributed by atoms with Gasteiger partial charge in [0, 0.05) is 12.3 Å². The molecule has 0 saturated heterocycles. The van der Waals surface area contributed by atoms with Crippen molar-refractivity contribution in [2.45, 2.75) is 52.9 Å². The minimum absolute atomic E-state index is 0.309. The van der Waals surface area contributed by atoms with Gasteiger partial charge in [0.1, 0.15) is 5.78 Å². The van der Waals surface area contributed by atoms with Crippen LogP contribution in [0.15, 0.2) is 23.8 Å². The molecule has 0 aromatic rings. The molecule has 0 aromatic carbocycles. The first kappa shape index (κ1) is 13.2. The number of rotatable bonds is 4. The van der Waals surface area contributed by atoms with Crippen LogP contribution in [0.5, 0.6) is 0 Å². The van der Waals surface area contributed by atoms with E-state index in [1.807, 2.05) is 0 Å². The van der Waals surface area contributed by atoms with Crippen LogP contribution in [0.3, 0.4) is 0 Å². The summed E-state index contributed by atoms with van der Waals surface area (Å²) in [5.41, 5.74) is 1.35. The second-order valence-corrected chi connectivity index (χ2v) is 5.18. The number of Topliss-reactive ketones (excluding diaryl/α,β-unsaturated/α-hetero) is 1. The molecule has 0 amide bonds. The van der Waals surface area contributed by atoms with Crippen LogP contribution in [0.1, 0.15) is 52.9 Å². The molecule has 0 radical (unpaired) electrons. The first-order valence-corrected chi connectivity index (χ1v) is 6.44. The summed E-state index contributed by atoms with van der Waals surface area (Å²) in [6, 6.07) is 0. The molecular formula is C15H24O. The largest absolute Gasteiger partial charge is 0.299 e. The molecule has 0 heterocycles. The number of allylic oxidation sites excluding steroid dienone is 4. The molecule has 1 heteroatoms. The van der Waals surface area contributed by atoms with Gasteiger partial charge in [-0.25, -0.2) is 0 Å². The number of carbonyl (C=O) groups excluding carboxylic acids is 1. The lowest BCUT2D eigenvalue weighted by Crippen LogP contribution is -2.18. The first-order chi connectivity index (χ1) is 7.59. The van der Waals surface area contributed by atoms with Gasteiger partial charge in [-0.2, -0.15) is 0 Å². The molecule has 1 rings (SSSR count). The predicted octanol–water partition coefficient (Wildman–Crippen LogP) is 4.29. The molecule has 0 spiro atoms. The number of carbonyl (C=O) groups is 1.